The summed E-state index contributed by atoms with van der Waals surface area (Å²) in [5, 5.41) is 7.56. The summed E-state index contributed by atoms with van der Waals surface area (Å²) < 4.78 is 22.8. The quantitative estimate of drug-likeness (QED) is 0.104. The minimum absolute atomic E-state index is 0.626. The first kappa shape index (κ1) is 83.3. The summed E-state index contributed by atoms with van der Waals surface area (Å²) in [4.78, 5) is 45.5. The van der Waals surface area contributed by atoms with Gasteiger partial charge in [-0.05, 0) is 130 Å². The van der Waals surface area contributed by atoms with Crippen molar-refractivity contribution in [3.05, 3.63) is 449 Å². The number of nitrogens with zero attached hydrogens (tertiary/aromatic N) is 12. The third-order valence-electron chi connectivity index (χ3n) is 26.0. The number of benzene rings is 17. The van der Waals surface area contributed by atoms with Gasteiger partial charge in [-0.3, -0.25) is 4.57 Å². The van der Waals surface area contributed by atoms with Crippen molar-refractivity contribution >= 4 is 190 Å². The molecule has 18 heteroatoms. The lowest BCUT2D eigenvalue weighted by Gasteiger charge is -2.11. The Hall–Kier alpha value is -17.1. The van der Waals surface area contributed by atoms with E-state index in [2.05, 4.69) is 366 Å². The first-order valence-electron chi connectivity index (χ1n) is 46.5. The highest BCUT2D eigenvalue weighted by Gasteiger charge is 2.29. The fourth-order valence-electron chi connectivity index (χ4n) is 19.4. The predicted molar refractivity (Wildman–Crippen MR) is 595 cm³/mol. The smallest absolute Gasteiger partial charge is 0.238 e. The van der Waals surface area contributed by atoms with Crippen molar-refractivity contribution in [3.8, 4) is 142 Å². The highest BCUT2D eigenvalue weighted by atomic mass is 32.1. The lowest BCUT2D eigenvalue weighted by Crippen LogP contribution is -2.06. The van der Waals surface area contributed by atoms with Gasteiger partial charge in [0.25, 0.3) is 0 Å². The maximum absolute atomic E-state index is 5.23. The number of aromatic nitrogens is 12. The monoisotopic (exact) mass is 1910 g/mol. The maximum Gasteiger partial charge on any atom is 0.238 e. The zero-order chi connectivity index (χ0) is 93.0. The van der Waals surface area contributed by atoms with Crippen molar-refractivity contribution in [2.75, 3.05) is 0 Å². The van der Waals surface area contributed by atoms with Gasteiger partial charge in [-0.15, -0.1) is 68.0 Å². The lowest BCUT2D eigenvalue weighted by molar-refractivity contribution is 0.957. The summed E-state index contributed by atoms with van der Waals surface area (Å²) in [7, 11) is 0. The van der Waals surface area contributed by atoms with E-state index in [9.17, 15) is 0 Å². The first-order chi connectivity index (χ1) is 69.9. The van der Waals surface area contributed by atoms with Gasteiger partial charge in [-0.1, -0.05) is 352 Å². The highest BCUT2D eigenvalue weighted by Crippen LogP contribution is 2.53. The molecule has 0 aliphatic carbocycles. The Kier molecular flexibility index (Phi) is 20.8. The Morgan fingerprint density at radius 3 is 0.589 bits per heavy atom. The third-order valence-corrected chi connectivity index (χ3v) is 33.5. The van der Waals surface area contributed by atoms with E-state index in [-0.39, 0.29) is 0 Å². The third kappa shape index (κ3) is 14.9. The van der Waals surface area contributed by atoms with Gasteiger partial charge in [0.2, 0.25) is 5.95 Å². The van der Waals surface area contributed by atoms with Crippen LogP contribution in [0.3, 0.4) is 0 Å². The molecule has 0 radical (unpaired) electrons. The van der Waals surface area contributed by atoms with Crippen LogP contribution in [0.1, 0.15) is 0 Å². The number of hydrogen-bond acceptors (Lipinski definition) is 15. The molecule has 141 heavy (non-hydrogen) atoms. The SMILES string of the molecule is c1ccc(-c2ccc(-c3nc(-c4ccccc4)nc(-c4ccc(-n5c6c7ccccc7sc6c6sc7ccccc7c65)cc4)n3)cc2)cc1.c1ccc(-c2cccc(-c3nc(-c4ccccc4)nc(-c4ccc(-n5c6c7ccccc7sc6c6sc7ccccc7c65)cc4)n3)c2)cc1.c1ccc(-c2cccc(-c3nc(-c4ccccc4)nc(-n4c5c6ccccc6sc5c5sc6ccccc6c54)n3)c2)cc1. The molecule has 0 saturated carbocycles. The van der Waals surface area contributed by atoms with E-state index >= 15 is 0 Å². The minimum atomic E-state index is 0.626. The summed E-state index contributed by atoms with van der Waals surface area (Å²) in [5.74, 6) is 5.82. The van der Waals surface area contributed by atoms with Crippen LogP contribution in [0, 0.1) is 0 Å². The van der Waals surface area contributed by atoms with E-state index in [1.165, 1.54) is 116 Å². The molecule has 12 aromatic heterocycles. The van der Waals surface area contributed by atoms with Gasteiger partial charge in [-0.2, -0.15) is 9.97 Å². The normalized spacial score (nSPS) is 11.7. The Morgan fingerprint density at radius 1 is 0.135 bits per heavy atom. The fraction of sp³-hybridized carbons (Fsp3) is 0. The van der Waals surface area contributed by atoms with Gasteiger partial charge >= 0.3 is 0 Å². The van der Waals surface area contributed by atoms with E-state index in [1.54, 1.807) is 0 Å². The van der Waals surface area contributed by atoms with Crippen molar-refractivity contribution in [1.29, 1.82) is 0 Å². The highest BCUT2D eigenvalue weighted by molar-refractivity contribution is 7.35. The molecule has 12 nitrogen and oxygen atoms in total. The fourth-order valence-corrected chi connectivity index (χ4v) is 26.9. The van der Waals surface area contributed by atoms with Crippen molar-refractivity contribution in [2.24, 2.45) is 0 Å². The second-order valence-corrected chi connectivity index (χ2v) is 40.9. The molecule has 0 saturated heterocycles. The number of fused-ring (bicyclic) bond motifs is 21. The topological polar surface area (TPSA) is 131 Å². The second kappa shape index (κ2) is 35.2. The summed E-state index contributed by atoms with van der Waals surface area (Å²) in [6, 6.07) is 157. The Labute approximate surface area is 832 Å². The first-order valence-corrected chi connectivity index (χ1v) is 51.4. The molecule has 0 amide bonds. The van der Waals surface area contributed by atoms with Crippen LogP contribution in [-0.2, 0) is 0 Å². The van der Waals surface area contributed by atoms with Gasteiger partial charge in [-0.25, -0.2) is 34.9 Å². The maximum atomic E-state index is 5.23. The Morgan fingerprint density at radius 2 is 0.312 bits per heavy atom. The number of rotatable bonds is 14. The van der Waals surface area contributed by atoms with E-state index in [1.807, 2.05) is 165 Å². The van der Waals surface area contributed by atoms with Crippen molar-refractivity contribution in [1.82, 2.24) is 58.6 Å². The lowest BCUT2D eigenvalue weighted by atomic mass is 10.0. The van der Waals surface area contributed by atoms with Gasteiger partial charge in [0.05, 0.1) is 61.3 Å². The van der Waals surface area contributed by atoms with E-state index in [0.29, 0.717) is 52.5 Å². The minimum Gasteiger partial charge on any atom is -0.306 e. The summed E-state index contributed by atoms with van der Waals surface area (Å²) >= 11 is 11.2. The van der Waals surface area contributed by atoms with Gasteiger partial charge in [0, 0.05) is 116 Å². The molecule has 0 aliphatic heterocycles. The summed E-state index contributed by atoms with van der Waals surface area (Å²) in [5.41, 5.74) is 24.1. The molecule has 29 rings (SSSR count). The van der Waals surface area contributed by atoms with Crippen molar-refractivity contribution < 1.29 is 0 Å². The van der Waals surface area contributed by atoms with Gasteiger partial charge in [0.15, 0.2) is 46.6 Å². The Balaban J connectivity index is 0.000000106. The van der Waals surface area contributed by atoms with Gasteiger partial charge in [0.1, 0.15) is 0 Å². The van der Waals surface area contributed by atoms with E-state index in [0.717, 1.165) is 94.7 Å². The molecular weight excluding hydrogens is 1840 g/mol. The van der Waals surface area contributed by atoms with Crippen LogP contribution in [0.15, 0.2) is 449 Å². The Bertz CT molecular complexity index is 9590. The number of thiophene rings is 6. The van der Waals surface area contributed by atoms with Gasteiger partial charge < -0.3 is 9.13 Å². The summed E-state index contributed by atoms with van der Waals surface area (Å²) in [6.45, 7) is 0. The molecular formula is C123H74N12S6. The molecule has 0 bridgehead atoms. The van der Waals surface area contributed by atoms with E-state index < -0.39 is 0 Å². The van der Waals surface area contributed by atoms with Crippen molar-refractivity contribution in [3.63, 3.8) is 0 Å². The zero-order valence-corrected chi connectivity index (χ0v) is 79.9. The molecule has 0 unspecified atom stereocenters. The molecule has 0 N–H and O–H groups in total. The molecule has 17 aromatic carbocycles. The van der Waals surface area contributed by atoms with Crippen LogP contribution in [0.2, 0.25) is 0 Å². The van der Waals surface area contributed by atoms with Crippen LogP contribution in [0.4, 0.5) is 0 Å². The standard InChI is InChI=1S/2C43H26N4S2.C37H22N4S2/c1-3-12-27(13-4-1)30-16-11-17-31(26-30)43-45-41(28-14-5-2-6-15-28)44-42(46-43)29-22-24-32(25-23-29)47-37-33-18-7-9-20-35(33)48-39(37)40-38(47)34-19-8-10-21-36(34)49-40;1-3-11-27(12-4-1)28-19-21-30(22-20-28)42-44-41(29-13-5-2-6-14-29)45-43(46-42)31-23-25-32(26-24-31)47-37-33-15-7-9-17-35(33)48-39(37)40-38(47)34-16-8-10-18-36(34)49-40;1-3-12-23(13-4-1)25-16-11-17-26(22-25)36-38-35(24-14-5-2-6-15-24)39-37(40-36)41-31-27-18-7-9-20-29(27)42-33(31)34-32(41)28-19-8-10-21-30(28)43-34/h2*1-26H;1-22H. The largest absolute Gasteiger partial charge is 0.306 e. The molecule has 12 heterocycles. The average molecular weight is 1910 g/mol. The second-order valence-electron chi connectivity index (χ2n) is 34.6. The molecule has 0 atom stereocenters. The summed E-state index contributed by atoms with van der Waals surface area (Å²) in [6.07, 6.45) is 0. The zero-order valence-electron chi connectivity index (χ0n) is 75.0. The van der Waals surface area contributed by atoms with Crippen LogP contribution >= 0.6 is 68.0 Å². The molecule has 29 aromatic rings. The van der Waals surface area contributed by atoms with Crippen molar-refractivity contribution in [2.45, 2.75) is 0 Å². The molecule has 0 aliphatic rings. The van der Waals surface area contributed by atoms with Crippen LogP contribution < -0.4 is 0 Å². The average Bonchev–Trinajstić information content (AvgIpc) is 1.55. The van der Waals surface area contributed by atoms with E-state index in [4.69, 9.17) is 44.9 Å². The van der Waals surface area contributed by atoms with Crippen LogP contribution in [-0.4, -0.2) is 58.6 Å². The predicted octanol–water partition coefficient (Wildman–Crippen LogP) is 34.5. The molecule has 0 spiro atoms. The number of hydrogen-bond donors (Lipinski definition) is 0. The van der Waals surface area contributed by atoms with Crippen LogP contribution in [0.25, 0.3) is 264 Å². The van der Waals surface area contributed by atoms with Crippen LogP contribution in [0.5, 0.6) is 0 Å². The molecule has 0 fully saturated rings. The molecule has 662 valence electrons.